The van der Waals surface area contributed by atoms with E-state index >= 15 is 0 Å². The predicted octanol–water partition coefficient (Wildman–Crippen LogP) is 6.48. The smallest absolute Gasteiger partial charge is 0.174 e. The summed E-state index contributed by atoms with van der Waals surface area (Å²) in [6.07, 6.45) is 3.97. The molecule has 1 N–H and O–H groups in total. The van der Waals surface area contributed by atoms with Crippen LogP contribution in [0.2, 0.25) is 0 Å². The van der Waals surface area contributed by atoms with Crippen LogP contribution in [-0.4, -0.2) is 14.7 Å². The number of nitrogens with one attached hydrogen (secondary N) is 1. The first-order valence-electron chi connectivity index (χ1n) is 11.4. The molecule has 1 aliphatic heterocycles. The number of nitrogens with zero attached hydrogens (tertiary/aromatic N) is 3. The number of aromatic nitrogens is 2. The maximum atomic E-state index is 5.89. The van der Waals surface area contributed by atoms with Gasteiger partial charge in [-0.25, -0.2) is 0 Å². The Kier molecular flexibility index (Phi) is 5.73. The Morgan fingerprint density at radius 2 is 1.61 bits per heavy atom. The molecule has 2 atom stereocenters. The van der Waals surface area contributed by atoms with Crippen LogP contribution in [0.5, 0.6) is 0 Å². The van der Waals surface area contributed by atoms with E-state index in [2.05, 4.69) is 113 Å². The first-order valence-corrected chi connectivity index (χ1v) is 11.8. The zero-order valence-corrected chi connectivity index (χ0v) is 20.0. The summed E-state index contributed by atoms with van der Waals surface area (Å²) in [5, 5.41) is 4.28. The Balaban J connectivity index is 1.63. The van der Waals surface area contributed by atoms with Gasteiger partial charge in [0.15, 0.2) is 5.11 Å². The van der Waals surface area contributed by atoms with Crippen molar-refractivity contribution < 1.29 is 0 Å². The lowest BCUT2D eigenvalue weighted by Crippen LogP contribution is -2.30. The molecule has 4 aromatic rings. The molecule has 3 heterocycles. The molecule has 0 radical (unpaired) electrons. The molecule has 0 spiro atoms. The monoisotopic (exact) mass is 452 g/mol. The Bertz CT molecular complexity index is 1240. The van der Waals surface area contributed by atoms with E-state index in [4.69, 9.17) is 12.2 Å². The molecule has 2 aromatic heterocycles. The lowest BCUT2D eigenvalue weighted by atomic mass is 9.99. The van der Waals surface area contributed by atoms with Gasteiger partial charge in [0.2, 0.25) is 0 Å². The summed E-state index contributed by atoms with van der Waals surface area (Å²) < 4.78 is 2.26. The van der Waals surface area contributed by atoms with Gasteiger partial charge in [0.1, 0.15) is 6.04 Å². The summed E-state index contributed by atoms with van der Waals surface area (Å²) >= 11 is 5.89. The predicted molar refractivity (Wildman–Crippen MR) is 139 cm³/mol. The van der Waals surface area contributed by atoms with E-state index in [1.807, 2.05) is 18.3 Å². The largest absolute Gasteiger partial charge is 0.351 e. The Labute approximate surface area is 200 Å². The Hall–Kier alpha value is -3.44. The second-order valence-electron chi connectivity index (χ2n) is 8.88. The van der Waals surface area contributed by atoms with Crippen molar-refractivity contribution in [1.82, 2.24) is 14.9 Å². The van der Waals surface area contributed by atoms with Crippen molar-refractivity contribution in [3.05, 3.63) is 114 Å². The fraction of sp³-hybridized carbons (Fsp3) is 0.214. The van der Waals surface area contributed by atoms with Crippen LogP contribution in [-0.2, 0) is 0 Å². The van der Waals surface area contributed by atoms with Gasteiger partial charge in [-0.1, -0.05) is 49.7 Å². The molecule has 2 aromatic carbocycles. The van der Waals surface area contributed by atoms with Crippen molar-refractivity contribution in [2.75, 3.05) is 4.90 Å². The van der Waals surface area contributed by atoms with Gasteiger partial charge in [-0.15, -0.1) is 0 Å². The number of thiocarbonyl (C=S) groups is 1. The quantitative estimate of drug-likeness (QED) is 0.351. The highest BCUT2D eigenvalue weighted by atomic mass is 32.1. The zero-order valence-electron chi connectivity index (χ0n) is 19.1. The summed E-state index contributed by atoms with van der Waals surface area (Å²) in [6.45, 7) is 6.54. The molecule has 0 aliphatic carbocycles. The summed E-state index contributed by atoms with van der Waals surface area (Å²) in [7, 11) is 0. The van der Waals surface area contributed by atoms with E-state index in [0.29, 0.717) is 11.0 Å². The van der Waals surface area contributed by atoms with E-state index in [1.165, 1.54) is 11.1 Å². The van der Waals surface area contributed by atoms with E-state index in [-0.39, 0.29) is 12.1 Å². The molecule has 0 saturated carbocycles. The van der Waals surface area contributed by atoms with Crippen molar-refractivity contribution in [2.45, 2.75) is 38.8 Å². The topological polar surface area (TPSA) is 33.1 Å². The second-order valence-corrected chi connectivity index (χ2v) is 9.27. The van der Waals surface area contributed by atoms with Crippen LogP contribution in [0.4, 0.5) is 5.69 Å². The first-order chi connectivity index (χ1) is 16.0. The second kappa shape index (κ2) is 8.83. The number of pyridine rings is 1. The van der Waals surface area contributed by atoms with Crippen LogP contribution in [0, 0.1) is 6.92 Å². The van der Waals surface area contributed by atoms with Gasteiger partial charge in [-0.05, 0) is 79.2 Å². The minimum Gasteiger partial charge on any atom is -0.351 e. The third kappa shape index (κ3) is 4.05. The first kappa shape index (κ1) is 21.4. The van der Waals surface area contributed by atoms with Gasteiger partial charge in [-0.3, -0.25) is 4.98 Å². The van der Waals surface area contributed by atoms with Crippen LogP contribution < -0.4 is 10.2 Å². The maximum absolute atomic E-state index is 5.89. The third-order valence-electron chi connectivity index (χ3n) is 6.33. The normalized spacial score (nSPS) is 18.1. The number of hydrogen-bond donors (Lipinski definition) is 1. The van der Waals surface area contributed by atoms with Crippen molar-refractivity contribution in [3.8, 4) is 5.69 Å². The zero-order chi connectivity index (χ0) is 22.9. The Morgan fingerprint density at radius 1 is 0.879 bits per heavy atom. The summed E-state index contributed by atoms with van der Waals surface area (Å²) in [4.78, 5) is 6.91. The van der Waals surface area contributed by atoms with Gasteiger partial charge >= 0.3 is 0 Å². The van der Waals surface area contributed by atoms with Crippen LogP contribution in [0.3, 0.4) is 0 Å². The highest BCUT2D eigenvalue weighted by Crippen LogP contribution is 2.42. The van der Waals surface area contributed by atoms with Gasteiger partial charge in [0, 0.05) is 29.5 Å². The fourth-order valence-electron chi connectivity index (χ4n) is 4.53. The van der Waals surface area contributed by atoms with Gasteiger partial charge in [0.25, 0.3) is 0 Å². The highest BCUT2D eigenvalue weighted by molar-refractivity contribution is 7.80. The Morgan fingerprint density at radius 3 is 2.27 bits per heavy atom. The summed E-state index contributed by atoms with van der Waals surface area (Å²) in [5.41, 5.74) is 6.91. The molecule has 5 heteroatoms. The number of aryl methyl sites for hydroxylation is 1. The van der Waals surface area contributed by atoms with Crippen molar-refractivity contribution >= 4 is 23.0 Å². The SMILES string of the molecule is Cc1ccc(-n2cccc2[C@H]2[C@@H](c3ccccn3)NC(=S)N2c2ccc(C(C)C)cc2)cc1. The van der Waals surface area contributed by atoms with E-state index in [9.17, 15) is 0 Å². The molecular weight excluding hydrogens is 424 g/mol. The van der Waals surface area contributed by atoms with Crippen molar-refractivity contribution in [3.63, 3.8) is 0 Å². The molecule has 166 valence electrons. The van der Waals surface area contributed by atoms with Crippen LogP contribution >= 0.6 is 12.2 Å². The minimum atomic E-state index is -0.0671. The molecule has 33 heavy (non-hydrogen) atoms. The van der Waals surface area contributed by atoms with Crippen molar-refractivity contribution in [2.24, 2.45) is 0 Å². The summed E-state index contributed by atoms with van der Waals surface area (Å²) in [6, 6.07) is 27.6. The van der Waals surface area contributed by atoms with E-state index in [0.717, 1.165) is 22.8 Å². The van der Waals surface area contributed by atoms with Gasteiger partial charge in [0.05, 0.1) is 11.7 Å². The van der Waals surface area contributed by atoms with Gasteiger partial charge in [-0.2, -0.15) is 0 Å². The standard InChI is InChI=1S/C28H28N4S/c1-19(2)21-11-15-23(16-12-21)32-27(26(30-28(32)33)24-7-4-5-17-29-24)25-8-6-18-31(25)22-13-9-20(3)10-14-22/h4-19,26-27H,1-3H3,(H,30,33)/t26-,27+/m1/s1. The lowest BCUT2D eigenvalue weighted by molar-refractivity contribution is 0.549. The minimum absolute atomic E-state index is 0.0476. The average Bonchev–Trinajstić information content (AvgIpc) is 3.44. The molecule has 1 fully saturated rings. The molecule has 0 amide bonds. The number of benzene rings is 2. The number of hydrogen-bond acceptors (Lipinski definition) is 2. The molecule has 0 unspecified atom stereocenters. The molecule has 1 aliphatic rings. The molecular formula is C28H28N4S. The molecule has 0 bridgehead atoms. The summed E-state index contributed by atoms with van der Waals surface area (Å²) in [5.74, 6) is 0.485. The molecule has 4 nitrogen and oxygen atoms in total. The van der Waals surface area contributed by atoms with Crippen LogP contribution in [0.1, 0.15) is 54.4 Å². The maximum Gasteiger partial charge on any atom is 0.174 e. The fourth-order valence-corrected chi connectivity index (χ4v) is 4.87. The third-order valence-corrected chi connectivity index (χ3v) is 6.65. The van der Waals surface area contributed by atoms with E-state index in [1.54, 1.807) is 0 Å². The van der Waals surface area contributed by atoms with Crippen molar-refractivity contribution in [1.29, 1.82) is 0 Å². The lowest BCUT2D eigenvalue weighted by Gasteiger charge is -2.29. The molecule has 5 rings (SSSR count). The van der Waals surface area contributed by atoms with Crippen LogP contribution in [0.25, 0.3) is 5.69 Å². The average molecular weight is 453 g/mol. The number of rotatable bonds is 5. The molecule has 1 saturated heterocycles. The van der Waals surface area contributed by atoms with Crippen LogP contribution in [0.15, 0.2) is 91.3 Å². The van der Waals surface area contributed by atoms with Gasteiger partial charge < -0.3 is 14.8 Å². The highest BCUT2D eigenvalue weighted by Gasteiger charge is 2.42. The number of anilines is 1. The van der Waals surface area contributed by atoms with E-state index < -0.39 is 0 Å².